The van der Waals surface area contributed by atoms with Gasteiger partial charge in [-0.1, -0.05) is 54.1 Å². The van der Waals surface area contributed by atoms with E-state index in [0.717, 1.165) is 15.9 Å². The van der Waals surface area contributed by atoms with Gasteiger partial charge in [0.2, 0.25) is 0 Å². The number of nitrogens with one attached hydrogen (secondary N) is 1. The minimum Gasteiger partial charge on any atom is -0.377 e. The van der Waals surface area contributed by atoms with Crippen LogP contribution < -0.4 is 5.32 Å². The van der Waals surface area contributed by atoms with Crippen molar-refractivity contribution in [3.05, 3.63) is 75.2 Å². The van der Waals surface area contributed by atoms with Crippen molar-refractivity contribution in [3.8, 4) is 0 Å². The molecule has 1 aliphatic heterocycles. The molecular formula is C18H15BrClN. The summed E-state index contributed by atoms with van der Waals surface area (Å²) in [5, 5.41) is 4.57. The number of hydrogen-bond acceptors (Lipinski definition) is 1. The highest BCUT2D eigenvalue weighted by Crippen LogP contribution is 2.52. The highest BCUT2D eigenvalue weighted by molar-refractivity contribution is 9.10. The third kappa shape index (κ3) is 2.13. The highest BCUT2D eigenvalue weighted by Gasteiger charge is 2.38. The van der Waals surface area contributed by atoms with E-state index in [1.807, 2.05) is 12.1 Å². The molecule has 21 heavy (non-hydrogen) atoms. The van der Waals surface area contributed by atoms with E-state index < -0.39 is 0 Å². The number of fused-ring (bicyclic) bond motifs is 3. The molecule has 0 fully saturated rings. The Hall–Kier alpha value is -1.25. The lowest BCUT2D eigenvalue weighted by atomic mass is 9.77. The molecule has 0 aromatic heterocycles. The Labute approximate surface area is 138 Å². The molecule has 1 aliphatic carbocycles. The van der Waals surface area contributed by atoms with Crippen molar-refractivity contribution < 1.29 is 0 Å². The Morgan fingerprint density at radius 2 is 1.86 bits per heavy atom. The smallest absolute Gasteiger partial charge is 0.0568 e. The van der Waals surface area contributed by atoms with Crippen LogP contribution in [0, 0.1) is 5.92 Å². The second kappa shape index (κ2) is 5.19. The zero-order valence-corrected chi connectivity index (χ0v) is 13.7. The minimum absolute atomic E-state index is 0.255. The predicted molar refractivity (Wildman–Crippen MR) is 91.9 cm³/mol. The average molecular weight is 361 g/mol. The normalized spacial score (nSPS) is 26.1. The van der Waals surface area contributed by atoms with E-state index in [9.17, 15) is 0 Å². The van der Waals surface area contributed by atoms with Gasteiger partial charge in [-0.3, -0.25) is 0 Å². The van der Waals surface area contributed by atoms with Crippen LogP contribution in [-0.2, 0) is 0 Å². The number of rotatable bonds is 1. The first-order valence-corrected chi connectivity index (χ1v) is 8.39. The standard InChI is InChI=1S/C18H15BrClN/c19-15-9-4-8-13-11-6-3-7-12(11)17(21-18(13)15)14-5-1-2-10-16(14)20/h1-6,8-12,17,21H,7H2/t11-,12-,17-/m1/s1. The molecule has 0 bridgehead atoms. The third-order valence-corrected chi connectivity index (χ3v) is 5.59. The number of halogens is 2. The van der Waals surface area contributed by atoms with Gasteiger partial charge < -0.3 is 5.32 Å². The number of anilines is 1. The molecule has 1 nitrogen and oxygen atoms in total. The van der Waals surface area contributed by atoms with Crippen LogP contribution in [0.2, 0.25) is 5.02 Å². The fraction of sp³-hybridized carbons (Fsp3) is 0.222. The number of hydrogen-bond donors (Lipinski definition) is 1. The van der Waals surface area contributed by atoms with Crippen LogP contribution in [0.15, 0.2) is 59.1 Å². The van der Waals surface area contributed by atoms with Crippen LogP contribution >= 0.6 is 27.5 Å². The largest absolute Gasteiger partial charge is 0.377 e. The molecule has 106 valence electrons. The molecule has 2 aromatic carbocycles. The number of para-hydroxylation sites is 1. The number of benzene rings is 2. The van der Waals surface area contributed by atoms with Crippen LogP contribution in [0.5, 0.6) is 0 Å². The molecule has 2 aliphatic rings. The summed E-state index contributed by atoms with van der Waals surface area (Å²) < 4.78 is 1.12. The van der Waals surface area contributed by atoms with Crippen molar-refractivity contribution in [2.45, 2.75) is 18.4 Å². The Bertz CT molecular complexity index is 725. The van der Waals surface area contributed by atoms with Crippen LogP contribution in [-0.4, -0.2) is 0 Å². The summed E-state index contributed by atoms with van der Waals surface area (Å²) in [7, 11) is 0. The van der Waals surface area contributed by atoms with E-state index in [1.54, 1.807) is 0 Å². The molecule has 0 spiro atoms. The average Bonchev–Trinajstić information content (AvgIpc) is 2.97. The topological polar surface area (TPSA) is 12.0 Å². The molecule has 1 heterocycles. The lowest BCUT2D eigenvalue weighted by Crippen LogP contribution is -2.29. The Morgan fingerprint density at radius 1 is 1.05 bits per heavy atom. The van der Waals surface area contributed by atoms with Gasteiger partial charge in [0, 0.05) is 15.4 Å². The van der Waals surface area contributed by atoms with Crippen molar-refractivity contribution in [3.63, 3.8) is 0 Å². The molecule has 3 atom stereocenters. The Morgan fingerprint density at radius 3 is 2.71 bits per heavy atom. The van der Waals surface area contributed by atoms with Gasteiger partial charge >= 0.3 is 0 Å². The summed E-state index contributed by atoms with van der Waals surface area (Å²) >= 11 is 10.1. The van der Waals surface area contributed by atoms with Crippen molar-refractivity contribution in [2.24, 2.45) is 5.92 Å². The third-order valence-electron chi connectivity index (χ3n) is 4.59. The maximum atomic E-state index is 6.44. The van der Waals surface area contributed by atoms with Gasteiger partial charge in [-0.15, -0.1) is 0 Å². The SMILES string of the molecule is Clc1ccccc1[C@@H]1Nc2c(Br)cccc2[C@@H]2C=CC[C@H]21. The first-order valence-electron chi connectivity index (χ1n) is 7.22. The van der Waals surface area contributed by atoms with E-state index in [0.29, 0.717) is 11.8 Å². The lowest BCUT2D eigenvalue weighted by molar-refractivity contribution is 0.425. The zero-order valence-electron chi connectivity index (χ0n) is 11.4. The summed E-state index contributed by atoms with van der Waals surface area (Å²) in [5.74, 6) is 1.01. The van der Waals surface area contributed by atoms with E-state index in [-0.39, 0.29) is 6.04 Å². The van der Waals surface area contributed by atoms with Gasteiger partial charge in [0.15, 0.2) is 0 Å². The maximum absolute atomic E-state index is 6.44. The van der Waals surface area contributed by atoms with Gasteiger partial charge in [0.25, 0.3) is 0 Å². The maximum Gasteiger partial charge on any atom is 0.0568 e. The molecule has 1 N–H and O–H groups in total. The van der Waals surface area contributed by atoms with Crippen LogP contribution in [0.1, 0.15) is 29.5 Å². The summed E-state index contributed by atoms with van der Waals surface area (Å²) in [6.45, 7) is 0. The van der Waals surface area contributed by atoms with Crippen molar-refractivity contribution in [1.29, 1.82) is 0 Å². The highest BCUT2D eigenvalue weighted by atomic mass is 79.9. The monoisotopic (exact) mass is 359 g/mol. The molecule has 0 unspecified atom stereocenters. The quantitative estimate of drug-likeness (QED) is 0.622. The summed E-state index contributed by atoms with van der Waals surface area (Å²) in [6.07, 6.45) is 5.75. The summed E-state index contributed by atoms with van der Waals surface area (Å²) in [6, 6.07) is 14.9. The van der Waals surface area contributed by atoms with E-state index in [2.05, 4.69) is 63.7 Å². The van der Waals surface area contributed by atoms with Gasteiger partial charge in [0.1, 0.15) is 0 Å². The first kappa shape index (κ1) is 13.4. The van der Waals surface area contributed by atoms with Crippen LogP contribution in [0.4, 0.5) is 5.69 Å². The molecular weight excluding hydrogens is 346 g/mol. The fourth-order valence-corrected chi connectivity index (χ4v) is 4.37. The van der Waals surface area contributed by atoms with Crippen molar-refractivity contribution >= 4 is 33.2 Å². The van der Waals surface area contributed by atoms with Crippen molar-refractivity contribution in [2.75, 3.05) is 5.32 Å². The van der Waals surface area contributed by atoms with E-state index >= 15 is 0 Å². The van der Waals surface area contributed by atoms with Gasteiger partial charge in [-0.25, -0.2) is 0 Å². The van der Waals surface area contributed by atoms with Crippen LogP contribution in [0.3, 0.4) is 0 Å². The molecule has 0 saturated carbocycles. The van der Waals surface area contributed by atoms with Crippen molar-refractivity contribution in [1.82, 2.24) is 0 Å². The predicted octanol–water partition coefficient (Wildman–Crippen LogP) is 5.93. The lowest BCUT2D eigenvalue weighted by Gasteiger charge is -2.38. The minimum atomic E-state index is 0.255. The first-order chi connectivity index (χ1) is 10.3. The van der Waals surface area contributed by atoms with E-state index in [1.165, 1.54) is 16.8 Å². The van der Waals surface area contributed by atoms with Crippen LogP contribution in [0.25, 0.3) is 0 Å². The number of allylic oxidation sites excluding steroid dienone is 2. The zero-order chi connectivity index (χ0) is 14.4. The van der Waals surface area contributed by atoms with E-state index in [4.69, 9.17) is 11.6 Å². The molecule has 0 amide bonds. The molecule has 3 heteroatoms. The fourth-order valence-electron chi connectivity index (χ4n) is 3.62. The Balaban J connectivity index is 1.85. The van der Waals surface area contributed by atoms with Gasteiger partial charge in [-0.05, 0) is 51.5 Å². The second-order valence-electron chi connectivity index (χ2n) is 5.70. The van der Waals surface area contributed by atoms with Gasteiger partial charge in [0.05, 0.1) is 11.7 Å². The molecule has 2 aromatic rings. The summed E-state index contributed by atoms with van der Waals surface area (Å²) in [4.78, 5) is 0. The molecule has 0 radical (unpaired) electrons. The van der Waals surface area contributed by atoms with Gasteiger partial charge in [-0.2, -0.15) is 0 Å². The second-order valence-corrected chi connectivity index (χ2v) is 6.96. The molecule has 4 rings (SSSR count). The molecule has 0 saturated heterocycles. The summed E-state index contributed by atoms with van der Waals surface area (Å²) in [5.41, 5.74) is 3.78. The Kier molecular flexibility index (Phi) is 3.31.